The van der Waals surface area contributed by atoms with Gasteiger partial charge < -0.3 is 19.1 Å². The van der Waals surface area contributed by atoms with Gasteiger partial charge in [-0.15, -0.1) is 0 Å². The van der Waals surface area contributed by atoms with Crippen molar-refractivity contribution in [3.05, 3.63) is 0 Å². The van der Waals surface area contributed by atoms with Crippen molar-refractivity contribution in [3.63, 3.8) is 0 Å². The van der Waals surface area contributed by atoms with Crippen LogP contribution in [0.15, 0.2) is 0 Å². The largest absolute Gasteiger partial charge is 0.381 e. The predicted octanol–water partition coefficient (Wildman–Crippen LogP) is 2.00. The zero-order chi connectivity index (χ0) is 16.8. The second-order valence-electron chi connectivity index (χ2n) is 7.47. The minimum absolute atomic E-state index is 0.287. The molecular formula is C19H36N2O3. The second kappa shape index (κ2) is 9.48. The minimum Gasteiger partial charge on any atom is -0.381 e. The van der Waals surface area contributed by atoms with E-state index in [1.165, 1.54) is 19.5 Å². The van der Waals surface area contributed by atoms with Gasteiger partial charge in [0.15, 0.2) is 0 Å². The van der Waals surface area contributed by atoms with Gasteiger partial charge in [-0.1, -0.05) is 13.8 Å². The minimum atomic E-state index is 0.287. The van der Waals surface area contributed by atoms with Gasteiger partial charge in [0.2, 0.25) is 0 Å². The zero-order valence-electron chi connectivity index (χ0n) is 15.6. The van der Waals surface area contributed by atoms with Crippen LogP contribution in [0.1, 0.15) is 39.5 Å². The number of rotatable bonds is 8. The van der Waals surface area contributed by atoms with E-state index in [2.05, 4.69) is 23.6 Å². The normalized spacial score (nSPS) is 32.4. The van der Waals surface area contributed by atoms with Crippen molar-refractivity contribution in [3.8, 4) is 0 Å². The van der Waals surface area contributed by atoms with E-state index in [9.17, 15) is 0 Å². The standard InChI is InChI=1S/C19H36N2O3/c1-3-20(4-2)9-10-21-11-14-23-19-17(21)5-6-18(19)24-15-16-7-12-22-13-8-16/h16-19H,3-15H2,1-2H3/t17-,18-,19+/m1/s1. The third-order valence-electron chi connectivity index (χ3n) is 6.14. The molecule has 140 valence electrons. The number of likely N-dealkylation sites (N-methyl/N-ethyl adjacent to an activating group) is 1. The lowest BCUT2D eigenvalue weighted by Crippen LogP contribution is -2.53. The lowest BCUT2D eigenvalue weighted by Gasteiger charge is -2.40. The summed E-state index contributed by atoms with van der Waals surface area (Å²) < 4.78 is 17.9. The summed E-state index contributed by atoms with van der Waals surface area (Å²) in [6.45, 7) is 13.8. The Kier molecular flexibility index (Phi) is 7.35. The molecule has 0 aromatic carbocycles. The number of hydrogen-bond donors (Lipinski definition) is 0. The SMILES string of the molecule is CCN(CC)CCN1CCO[C@H]2[C@H]1CC[C@H]2OCC1CCOCC1. The van der Waals surface area contributed by atoms with Gasteiger partial charge in [-0.2, -0.15) is 0 Å². The summed E-state index contributed by atoms with van der Waals surface area (Å²) in [5.74, 6) is 0.681. The van der Waals surface area contributed by atoms with Crippen LogP contribution < -0.4 is 0 Å². The van der Waals surface area contributed by atoms with E-state index >= 15 is 0 Å². The topological polar surface area (TPSA) is 34.2 Å². The molecule has 1 aliphatic carbocycles. The van der Waals surface area contributed by atoms with Crippen molar-refractivity contribution in [1.82, 2.24) is 9.80 Å². The highest BCUT2D eigenvalue weighted by Crippen LogP contribution is 2.32. The van der Waals surface area contributed by atoms with Gasteiger partial charge in [0.1, 0.15) is 0 Å². The molecule has 5 nitrogen and oxygen atoms in total. The second-order valence-corrected chi connectivity index (χ2v) is 7.47. The van der Waals surface area contributed by atoms with E-state index < -0.39 is 0 Å². The Hall–Kier alpha value is -0.200. The van der Waals surface area contributed by atoms with Gasteiger partial charge in [0, 0.05) is 38.9 Å². The first kappa shape index (κ1) is 18.6. The average Bonchev–Trinajstić information content (AvgIpc) is 3.05. The average molecular weight is 341 g/mol. The molecule has 24 heavy (non-hydrogen) atoms. The van der Waals surface area contributed by atoms with E-state index in [1.807, 2.05) is 0 Å². The Morgan fingerprint density at radius 2 is 1.83 bits per heavy atom. The number of morpholine rings is 1. The van der Waals surface area contributed by atoms with Gasteiger partial charge in [-0.3, -0.25) is 4.90 Å². The summed E-state index contributed by atoms with van der Waals surface area (Å²) in [7, 11) is 0. The highest BCUT2D eigenvalue weighted by molar-refractivity contribution is 4.96. The lowest BCUT2D eigenvalue weighted by atomic mass is 10.0. The highest BCUT2D eigenvalue weighted by atomic mass is 16.5. The monoisotopic (exact) mass is 340 g/mol. The smallest absolute Gasteiger partial charge is 0.0991 e. The Labute approximate surface area is 147 Å². The molecule has 0 spiro atoms. The van der Waals surface area contributed by atoms with Crippen LogP contribution in [0.4, 0.5) is 0 Å². The summed E-state index contributed by atoms with van der Waals surface area (Å²) in [6.07, 6.45) is 5.26. The first-order chi connectivity index (χ1) is 11.8. The quantitative estimate of drug-likeness (QED) is 0.675. The highest BCUT2D eigenvalue weighted by Gasteiger charge is 2.43. The number of ether oxygens (including phenoxy) is 3. The van der Waals surface area contributed by atoms with E-state index in [-0.39, 0.29) is 6.10 Å². The molecule has 0 bridgehead atoms. The maximum absolute atomic E-state index is 6.31. The van der Waals surface area contributed by atoms with Crippen molar-refractivity contribution < 1.29 is 14.2 Å². The molecule has 3 fully saturated rings. The molecule has 3 atom stereocenters. The molecular weight excluding hydrogens is 304 g/mol. The van der Waals surface area contributed by atoms with Crippen molar-refractivity contribution >= 4 is 0 Å². The molecule has 0 aromatic heterocycles. The summed E-state index contributed by atoms with van der Waals surface area (Å²) >= 11 is 0. The molecule has 2 heterocycles. The van der Waals surface area contributed by atoms with Gasteiger partial charge in [0.25, 0.3) is 0 Å². The fourth-order valence-electron chi connectivity index (χ4n) is 4.43. The summed E-state index contributed by atoms with van der Waals surface area (Å²) in [6, 6.07) is 0.564. The first-order valence-electron chi connectivity index (χ1n) is 10.1. The zero-order valence-corrected chi connectivity index (χ0v) is 15.6. The van der Waals surface area contributed by atoms with Crippen LogP contribution >= 0.6 is 0 Å². The Bertz CT molecular complexity index is 359. The van der Waals surface area contributed by atoms with Crippen LogP contribution in [0.2, 0.25) is 0 Å². The summed E-state index contributed by atoms with van der Waals surface area (Å²) in [5, 5.41) is 0. The first-order valence-corrected chi connectivity index (χ1v) is 10.1. The van der Waals surface area contributed by atoms with Crippen molar-refractivity contribution in [2.24, 2.45) is 5.92 Å². The third kappa shape index (κ3) is 4.70. The van der Waals surface area contributed by atoms with E-state index in [4.69, 9.17) is 14.2 Å². The van der Waals surface area contributed by atoms with Gasteiger partial charge in [0.05, 0.1) is 25.4 Å². The van der Waals surface area contributed by atoms with Crippen molar-refractivity contribution in [2.75, 3.05) is 59.2 Å². The van der Waals surface area contributed by atoms with Crippen LogP contribution in [-0.2, 0) is 14.2 Å². The van der Waals surface area contributed by atoms with Crippen LogP contribution in [0, 0.1) is 5.92 Å². The van der Waals surface area contributed by atoms with Crippen molar-refractivity contribution in [1.29, 1.82) is 0 Å². The molecule has 0 amide bonds. The van der Waals surface area contributed by atoms with Crippen LogP contribution in [-0.4, -0.2) is 87.2 Å². The lowest BCUT2D eigenvalue weighted by molar-refractivity contribution is -0.121. The number of nitrogens with zero attached hydrogens (tertiary/aromatic N) is 2. The fourth-order valence-corrected chi connectivity index (χ4v) is 4.43. The Balaban J connectivity index is 1.45. The van der Waals surface area contributed by atoms with Gasteiger partial charge in [-0.05, 0) is 44.7 Å². The molecule has 5 heteroatoms. The summed E-state index contributed by atoms with van der Waals surface area (Å²) in [4.78, 5) is 5.17. The van der Waals surface area contributed by atoms with Crippen LogP contribution in [0.25, 0.3) is 0 Å². The van der Waals surface area contributed by atoms with E-state index in [0.29, 0.717) is 18.1 Å². The molecule has 3 aliphatic rings. The molecule has 0 unspecified atom stereocenters. The van der Waals surface area contributed by atoms with Crippen LogP contribution in [0.5, 0.6) is 0 Å². The van der Waals surface area contributed by atoms with E-state index in [1.54, 1.807) is 0 Å². The van der Waals surface area contributed by atoms with Crippen molar-refractivity contribution in [2.45, 2.75) is 57.8 Å². The molecule has 0 N–H and O–H groups in total. The number of fused-ring (bicyclic) bond motifs is 1. The maximum atomic E-state index is 6.31. The Morgan fingerprint density at radius 3 is 2.58 bits per heavy atom. The third-order valence-corrected chi connectivity index (χ3v) is 6.14. The molecule has 3 rings (SSSR count). The molecule has 1 saturated carbocycles. The molecule has 0 radical (unpaired) electrons. The van der Waals surface area contributed by atoms with Gasteiger partial charge >= 0.3 is 0 Å². The predicted molar refractivity (Wildman–Crippen MR) is 95.4 cm³/mol. The van der Waals surface area contributed by atoms with Crippen LogP contribution in [0.3, 0.4) is 0 Å². The Morgan fingerprint density at radius 1 is 1.04 bits per heavy atom. The van der Waals surface area contributed by atoms with E-state index in [0.717, 1.165) is 65.3 Å². The fraction of sp³-hybridized carbons (Fsp3) is 1.00. The molecule has 2 saturated heterocycles. The summed E-state index contributed by atoms with van der Waals surface area (Å²) in [5.41, 5.74) is 0. The molecule has 0 aromatic rings. The van der Waals surface area contributed by atoms with Gasteiger partial charge in [-0.25, -0.2) is 0 Å². The molecule has 2 aliphatic heterocycles. The number of hydrogen-bond acceptors (Lipinski definition) is 5. The maximum Gasteiger partial charge on any atom is 0.0991 e.